The molecule has 0 rings (SSSR count). The molecular formula is C16H32O3Si. The molecule has 2 unspecified atom stereocenters. The molecule has 0 fully saturated rings. The summed E-state index contributed by atoms with van der Waals surface area (Å²) in [4.78, 5) is 0. The van der Waals surface area contributed by atoms with Crippen LogP contribution in [0.3, 0.4) is 0 Å². The molecule has 0 aliphatic carbocycles. The zero-order valence-corrected chi connectivity index (χ0v) is 15.1. The molecule has 3 nitrogen and oxygen atoms in total. The second-order valence-electron chi connectivity index (χ2n) is 6.38. The lowest BCUT2D eigenvalue weighted by molar-refractivity contribution is 0.0459. The average Bonchev–Trinajstić information content (AvgIpc) is 2.35. The van der Waals surface area contributed by atoms with Gasteiger partial charge in [-0.1, -0.05) is 47.5 Å². The van der Waals surface area contributed by atoms with Crippen LogP contribution < -0.4 is 0 Å². The third kappa shape index (κ3) is 4.59. The van der Waals surface area contributed by atoms with E-state index in [1.54, 1.807) is 6.92 Å². The molecule has 0 bridgehead atoms. The van der Waals surface area contributed by atoms with Crippen LogP contribution in [-0.2, 0) is 4.43 Å². The predicted octanol–water partition coefficient (Wildman–Crippen LogP) is 3.17. The van der Waals surface area contributed by atoms with E-state index in [0.717, 1.165) is 0 Å². The van der Waals surface area contributed by atoms with Crippen LogP contribution in [0.2, 0.25) is 16.6 Å². The highest BCUT2D eigenvalue weighted by molar-refractivity contribution is 6.77. The number of aliphatic hydroxyl groups excluding tert-OH is 2. The number of aliphatic hydroxyl groups is 2. The Morgan fingerprint density at radius 2 is 1.45 bits per heavy atom. The standard InChI is InChI=1S/C16H32O3Si/c1-8-9-15(16(18)10-17)11-19-20(12(2)3,13(4)5)14(6)7/h12-18H,10-11H2,1-7H3. The van der Waals surface area contributed by atoms with Crippen molar-refractivity contribution in [3.8, 4) is 11.8 Å². The summed E-state index contributed by atoms with van der Waals surface area (Å²) >= 11 is 0. The Balaban J connectivity index is 5.12. The summed E-state index contributed by atoms with van der Waals surface area (Å²) in [6.45, 7) is 15.3. The van der Waals surface area contributed by atoms with E-state index in [1.807, 2.05) is 0 Å². The van der Waals surface area contributed by atoms with E-state index in [0.29, 0.717) is 23.2 Å². The molecule has 2 N–H and O–H groups in total. The fourth-order valence-electron chi connectivity index (χ4n) is 3.30. The molecular weight excluding hydrogens is 268 g/mol. The van der Waals surface area contributed by atoms with Crippen LogP contribution >= 0.6 is 0 Å². The highest BCUT2D eigenvalue weighted by atomic mass is 28.4. The topological polar surface area (TPSA) is 49.7 Å². The van der Waals surface area contributed by atoms with Crippen LogP contribution in [0.25, 0.3) is 0 Å². The van der Waals surface area contributed by atoms with Crippen molar-refractivity contribution in [1.82, 2.24) is 0 Å². The summed E-state index contributed by atoms with van der Waals surface area (Å²) in [5.74, 6) is 5.47. The molecule has 0 heterocycles. The summed E-state index contributed by atoms with van der Waals surface area (Å²) in [6, 6.07) is 0. The molecule has 20 heavy (non-hydrogen) atoms. The Bertz CT molecular complexity index is 307. The Morgan fingerprint density at radius 3 is 1.75 bits per heavy atom. The summed E-state index contributed by atoms with van der Waals surface area (Å²) in [5.41, 5.74) is 1.51. The molecule has 0 amide bonds. The Labute approximate surface area is 125 Å². The van der Waals surface area contributed by atoms with E-state index in [1.165, 1.54) is 0 Å². The number of hydrogen-bond donors (Lipinski definition) is 2. The monoisotopic (exact) mass is 300 g/mol. The molecule has 0 aromatic rings. The Morgan fingerprint density at radius 1 is 1.00 bits per heavy atom. The van der Waals surface area contributed by atoms with Crippen molar-refractivity contribution in [3.63, 3.8) is 0 Å². The first kappa shape index (κ1) is 19.7. The SMILES string of the molecule is CC#CC(CO[Si](C(C)C)(C(C)C)C(C)C)C(O)CO. The Hall–Kier alpha value is -0.343. The second-order valence-corrected chi connectivity index (χ2v) is 11.8. The summed E-state index contributed by atoms with van der Waals surface area (Å²) in [5, 5.41) is 19.0. The quantitative estimate of drug-likeness (QED) is 0.535. The zero-order chi connectivity index (χ0) is 15.9. The molecule has 118 valence electrons. The predicted molar refractivity (Wildman–Crippen MR) is 87.0 cm³/mol. The maximum Gasteiger partial charge on any atom is 0.200 e. The summed E-state index contributed by atoms with van der Waals surface area (Å²) < 4.78 is 6.42. The van der Waals surface area contributed by atoms with Gasteiger partial charge in [-0.15, -0.1) is 5.92 Å². The van der Waals surface area contributed by atoms with Crippen molar-refractivity contribution in [2.24, 2.45) is 5.92 Å². The molecule has 0 saturated heterocycles. The van der Waals surface area contributed by atoms with Gasteiger partial charge in [0.2, 0.25) is 0 Å². The third-order valence-electron chi connectivity index (χ3n) is 4.20. The van der Waals surface area contributed by atoms with Gasteiger partial charge in [-0.2, -0.15) is 0 Å². The Kier molecular flexibility index (Phi) is 8.68. The van der Waals surface area contributed by atoms with E-state index in [9.17, 15) is 5.11 Å². The van der Waals surface area contributed by atoms with Crippen LogP contribution in [0.15, 0.2) is 0 Å². The highest BCUT2D eigenvalue weighted by Crippen LogP contribution is 2.42. The molecule has 0 aliphatic heterocycles. The first-order chi connectivity index (χ1) is 9.23. The molecule has 4 heteroatoms. The maximum atomic E-state index is 9.84. The lowest BCUT2D eigenvalue weighted by atomic mass is 10.1. The fourth-order valence-corrected chi connectivity index (χ4v) is 8.76. The third-order valence-corrected chi connectivity index (χ3v) is 10.3. The van der Waals surface area contributed by atoms with Crippen LogP contribution in [0, 0.1) is 17.8 Å². The fraction of sp³-hybridized carbons (Fsp3) is 0.875. The average molecular weight is 301 g/mol. The van der Waals surface area contributed by atoms with Crippen molar-refractivity contribution >= 4 is 8.32 Å². The van der Waals surface area contributed by atoms with Gasteiger partial charge in [-0.05, 0) is 23.5 Å². The van der Waals surface area contributed by atoms with E-state index in [2.05, 4.69) is 53.4 Å². The van der Waals surface area contributed by atoms with E-state index >= 15 is 0 Å². The smallest absolute Gasteiger partial charge is 0.200 e. The molecule has 0 aliphatic rings. The first-order valence-corrected chi connectivity index (χ1v) is 9.73. The largest absolute Gasteiger partial charge is 0.415 e. The minimum atomic E-state index is -1.94. The lowest BCUT2D eigenvalue weighted by Gasteiger charge is -2.42. The molecule has 0 radical (unpaired) electrons. The highest BCUT2D eigenvalue weighted by Gasteiger charge is 2.45. The first-order valence-electron chi connectivity index (χ1n) is 7.59. The van der Waals surface area contributed by atoms with Gasteiger partial charge in [-0.25, -0.2) is 0 Å². The van der Waals surface area contributed by atoms with Crippen LogP contribution in [0.4, 0.5) is 0 Å². The van der Waals surface area contributed by atoms with Gasteiger partial charge >= 0.3 is 0 Å². The number of rotatable bonds is 8. The maximum absolute atomic E-state index is 9.84. The second kappa shape index (κ2) is 8.84. The van der Waals surface area contributed by atoms with E-state index in [-0.39, 0.29) is 12.5 Å². The van der Waals surface area contributed by atoms with Crippen LogP contribution in [-0.4, -0.2) is 37.8 Å². The van der Waals surface area contributed by atoms with Gasteiger partial charge < -0.3 is 14.6 Å². The van der Waals surface area contributed by atoms with Gasteiger partial charge in [0.05, 0.1) is 25.2 Å². The van der Waals surface area contributed by atoms with E-state index < -0.39 is 14.4 Å². The lowest BCUT2D eigenvalue weighted by Crippen LogP contribution is -2.49. The molecule has 0 saturated carbocycles. The summed E-state index contributed by atoms with van der Waals surface area (Å²) in [6.07, 6.45) is -0.833. The summed E-state index contributed by atoms with van der Waals surface area (Å²) in [7, 11) is -1.94. The van der Waals surface area contributed by atoms with Crippen molar-refractivity contribution in [3.05, 3.63) is 0 Å². The normalized spacial score (nSPS) is 15.4. The van der Waals surface area contributed by atoms with Crippen molar-refractivity contribution < 1.29 is 14.6 Å². The van der Waals surface area contributed by atoms with Crippen molar-refractivity contribution in [2.75, 3.05) is 13.2 Å². The van der Waals surface area contributed by atoms with Crippen LogP contribution in [0.1, 0.15) is 48.5 Å². The van der Waals surface area contributed by atoms with E-state index in [4.69, 9.17) is 9.53 Å². The van der Waals surface area contributed by atoms with Gasteiger partial charge in [0.25, 0.3) is 0 Å². The minimum Gasteiger partial charge on any atom is -0.415 e. The molecule has 0 aromatic heterocycles. The van der Waals surface area contributed by atoms with Crippen LogP contribution in [0.5, 0.6) is 0 Å². The van der Waals surface area contributed by atoms with Gasteiger partial charge in [0, 0.05) is 0 Å². The van der Waals surface area contributed by atoms with Gasteiger partial charge in [0.1, 0.15) is 0 Å². The van der Waals surface area contributed by atoms with Gasteiger partial charge in [-0.3, -0.25) is 0 Å². The minimum absolute atomic E-state index is 0.275. The molecule has 0 spiro atoms. The number of hydrogen-bond acceptors (Lipinski definition) is 3. The van der Waals surface area contributed by atoms with Crippen molar-refractivity contribution in [2.45, 2.75) is 71.2 Å². The zero-order valence-electron chi connectivity index (χ0n) is 14.1. The van der Waals surface area contributed by atoms with Crippen molar-refractivity contribution in [1.29, 1.82) is 0 Å². The van der Waals surface area contributed by atoms with Gasteiger partial charge in [0.15, 0.2) is 8.32 Å². The molecule has 0 aromatic carbocycles. The molecule has 2 atom stereocenters.